The Kier molecular flexibility index (Phi) is 2.72. The first-order valence-corrected chi connectivity index (χ1v) is 6.01. The van der Waals surface area contributed by atoms with Gasteiger partial charge in [0.1, 0.15) is 5.65 Å². The normalized spacial score (nSPS) is 10.8. The Morgan fingerprint density at radius 1 is 1.16 bits per heavy atom. The van der Waals surface area contributed by atoms with Gasteiger partial charge in [0.15, 0.2) is 5.69 Å². The van der Waals surface area contributed by atoms with E-state index in [1.165, 1.54) is 0 Å². The number of hydrogen-bond donors (Lipinski definition) is 1. The van der Waals surface area contributed by atoms with Crippen molar-refractivity contribution in [2.75, 3.05) is 0 Å². The quantitative estimate of drug-likeness (QED) is 0.778. The number of aromatic carboxylic acids is 1. The van der Waals surface area contributed by atoms with Crippen molar-refractivity contribution in [3.05, 3.63) is 59.4 Å². The highest BCUT2D eigenvalue weighted by Crippen LogP contribution is 2.26. The molecule has 0 aliphatic heterocycles. The van der Waals surface area contributed by atoms with Crippen molar-refractivity contribution in [3.8, 4) is 11.3 Å². The molecule has 5 heteroatoms. The number of imidazole rings is 1. The van der Waals surface area contributed by atoms with E-state index < -0.39 is 5.97 Å². The standard InChI is InChI=1S/C14H9ClN2O2/c15-10-6-4-9(5-7-10)13-12(14(18)19)16-11-3-1-2-8-17(11)13/h1-8H,(H,18,19). The molecule has 0 saturated heterocycles. The molecule has 4 nitrogen and oxygen atoms in total. The SMILES string of the molecule is O=C(O)c1nc2ccccn2c1-c1ccc(Cl)cc1. The molecule has 0 fully saturated rings. The summed E-state index contributed by atoms with van der Waals surface area (Å²) in [6.07, 6.45) is 1.79. The Morgan fingerprint density at radius 2 is 1.89 bits per heavy atom. The van der Waals surface area contributed by atoms with E-state index in [2.05, 4.69) is 4.98 Å². The average molecular weight is 273 g/mol. The van der Waals surface area contributed by atoms with E-state index >= 15 is 0 Å². The number of carboxylic acids is 1. The molecule has 0 saturated carbocycles. The summed E-state index contributed by atoms with van der Waals surface area (Å²) in [5.74, 6) is -1.05. The van der Waals surface area contributed by atoms with Crippen molar-refractivity contribution in [2.45, 2.75) is 0 Å². The van der Waals surface area contributed by atoms with Gasteiger partial charge in [-0.3, -0.25) is 4.40 Å². The zero-order valence-corrected chi connectivity index (χ0v) is 10.5. The van der Waals surface area contributed by atoms with Crippen LogP contribution in [0.15, 0.2) is 48.7 Å². The second-order valence-corrected chi connectivity index (χ2v) is 4.49. The fraction of sp³-hybridized carbons (Fsp3) is 0. The highest BCUT2D eigenvalue weighted by Gasteiger charge is 2.19. The van der Waals surface area contributed by atoms with E-state index in [0.29, 0.717) is 16.4 Å². The van der Waals surface area contributed by atoms with Crippen molar-refractivity contribution < 1.29 is 9.90 Å². The summed E-state index contributed by atoms with van der Waals surface area (Å²) in [7, 11) is 0. The zero-order chi connectivity index (χ0) is 13.4. The van der Waals surface area contributed by atoms with Crippen LogP contribution in [-0.2, 0) is 0 Å². The monoisotopic (exact) mass is 272 g/mol. The Balaban J connectivity index is 2.34. The number of benzene rings is 1. The van der Waals surface area contributed by atoms with Crippen molar-refractivity contribution in [2.24, 2.45) is 0 Å². The van der Waals surface area contributed by atoms with Gasteiger partial charge in [0.25, 0.3) is 0 Å². The molecular weight excluding hydrogens is 264 g/mol. The van der Waals surface area contributed by atoms with Gasteiger partial charge in [-0.2, -0.15) is 0 Å². The summed E-state index contributed by atoms with van der Waals surface area (Å²) in [6.45, 7) is 0. The summed E-state index contributed by atoms with van der Waals surface area (Å²) in [6, 6.07) is 12.4. The number of aromatic nitrogens is 2. The van der Waals surface area contributed by atoms with Gasteiger partial charge >= 0.3 is 5.97 Å². The van der Waals surface area contributed by atoms with Crippen LogP contribution < -0.4 is 0 Å². The van der Waals surface area contributed by atoms with Gasteiger partial charge in [-0.1, -0.05) is 29.8 Å². The number of fused-ring (bicyclic) bond motifs is 1. The second-order valence-electron chi connectivity index (χ2n) is 4.05. The van der Waals surface area contributed by atoms with Crippen LogP contribution in [0.2, 0.25) is 5.02 Å². The summed E-state index contributed by atoms with van der Waals surface area (Å²) in [5.41, 5.74) is 1.96. The van der Waals surface area contributed by atoms with E-state index in [0.717, 1.165) is 5.56 Å². The van der Waals surface area contributed by atoms with Crippen LogP contribution in [-0.4, -0.2) is 20.5 Å². The molecule has 2 aromatic heterocycles. The van der Waals surface area contributed by atoms with E-state index in [-0.39, 0.29) is 5.69 Å². The number of pyridine rings is 1. The maximum absolute atomic E-state index is 11.3. The minimum absolute atomic E-state index is 0.0357. The summed E-state index contributed by atoms with van der Waals surface area (Å²) >= 11 is 5.85. The smallest absolute Gasteiger partial charge is 0.356 e. The van der Waals surface area contributed by atoms with E-state index in [4.69, 9.17) is 11.6 Å². The van der Waals surface area contributed by atoms with E-state index in [1.54, 1.807) is 40.9 Å². The van der Waals surface area contributed by atoms with Crippen LogP contribution in [0.3, 0.4) is 0 Å². The predicted molar refractivity (Wildman–Crippen MR) is 72.6 cm³/mol. The molecule has 0 aliphatic rings. The van der Waals surface area contributed by atoms with Crippen molar-refractivity contribution in [3.63, 3.8) is 0 Å². The Hall–Kier alpha value is -2.33. The maximum atomic E-state index is 11.3. The summed E-state index contributed by atoms with van der Waals surface area (Å²) < 4.78 is 1.76. The fourth-order valence-electron chi connectivity index (χ4n) is 2.03. The molecule has 0 amide bonds. The van der Waals surface area contributed by atoms with Crippen molar-refractivity contribution >= 4 is 23.2 Å². The lowest BCUT2D eigenvalue weighted by atomic mass is 10.1. The fourth-order valence-corrected chi connectivity index (χ4v) is 2.15. The second kappa shape index (κ2) is 4.40. The highest BCUT2D eigenvalue weighted by atomic mass is 35.5. The van der Waals surface area contributed by atoms with Gasteiger partial charge in [-0.25, -0.2) is 9.78 Å². The lowest BCUT2D eigenvalue weighted by molar-refractivity contribution is 0.0692. The largest absolute Gasteiger partial charge is 0.476 e. The topological polar surface area (TPSA) is 54.6 Å². The van der Waals surface area contributed by atoms with Crippen molar-refractivity contribution in [1.29, 1.82) is 0 Å². The molecule has 0 atom stereocenters. The Morgan fingerprint density at radius 3 is 2.58 bits per heavy atom. The third kappa shape index (κ3) is 1.96. The van der Waals surface area contributed by atoms with Crippen LogP contribution >= 0.6 is 11.6 Å². The zero-order valence-electron chi connectivity index (χ0n) is 9.75. The van der Waals surface area contributed by atoms with Crippen LogP contribution in [0, 0.1) is 0 Å². The predicted octanol–water partition coefficient (Wildman–Crippen LogP) is 3.35. The molecule has 0 aliphatic carbocycles. The first kappa shape index (κ1) is 11.7. The Labute approximate surface area is 113 Å². The molecule has 0 bridgehead atoms. The van der Waals surface area contributed by atoms with Gasteiger partial charge < -0.3 is 5.11 Å². The van der Waals surface area contributed by atoms with Crippen LogP contribution in [0.1, 0.15) is 10.5 Å². The van der Waals surface area contributed by atoms with Gasteiger partial charge in [0.2, 0.25) is 0 Å². The maximum Gasteiger partial charge on any atom is 0.356 e. The minimum Gasteiger partial charge on any atom is -0.476 e. The highest BCUT2D eigenvalue weighted by molar-refractivity contribution is 6.30. The molecular formula is C14H9ClN2O2. The molecule has 19 heavy (non-hydrogen) atoms. The number of halogens is 1. The molecule has 0 radical (unpaired) electrons. The Bertz CT molecular complexity index is 763. The lowest BCUT2D eigenvalue weighted by Gasteiger charge is -2.03. The number of hydrogen-bond acceptors (Lipinski definition) is 2. The third-order valence-corrected chi connectivity index (χ3v) is 3.10. The average Bonchev–Trinajstić information content (AvgIpc) is 2.79. The number of nitrogens with zero attached hydrogens (tertiary/aromatic N) is 2. The molecule has 3 rings (SSSR count). The molecule has 1 aromatic carbocycles. The first-order valence-electron chi connectivity index (χ1n) is 5.63. The van der Waals surface area contributed by atoms with Crippen LogP contribution in [0.4, 0.5) is 0 Å². The molecule has 2 heterocycles. The molecule has 94 valence electrons. The molecule has 0 spiro atoms. The minimum atomic E-state index is -1.05. The third-order valence-electron chi connectivity index (χ3n) is 2.85. The lowest BCUT2D eigenvalue weighted by Crippen LogP contribution is -2.00. The number of carbonyl (C=O) groups is 1. The van der Waals surface area contributed by atoms with E-state index in [1.807, 2.05) is 12.1 Å². The number of rotatable bonds is 2. The van der Waals surface area contributed by atoms with Crippen molar-refractivity contribution in [1.82, 2.24) is 9.38 Å². The van der Waals surface area contributed by atoms with E-state index in [9.17, 15) is 9.90 Å². The molecule has 0 unspecified atom stereocenters. The van der Waals surface area contributed by atoms with Crippen LogP contribution in [0.25, 0.3) is 16.9 Å². The van der Waals surface area contributed by atoms with Gasteiger partial charge in [-0.15, -0.1) is 0 Å². The molecule has 1 N–H and O–H groups in total. The molecule has 3 aromatic rings. The number of carboxylic acid groups (broad SMARTS) is 1. The van der Waals surface area contributed by atoms with Gasteiger partial charge in [-0.05, 0) is 24.3 Å². The van der Waals surface area contributed by atoms with Gasteiger partial charge in [0, 0.05) is 16.8 Å². The summed E-state index contributed by atoms with van der Waals surface area (Å²) in [4.78, 5) is 15.5. The summed E-state index contributed by atoms with van der Waals surface area (Å²) in [5, 5.41) is 9.89. The van der Waals surface area contributed by atoms with Crippen LogP contribution in [0.5, 0.6) is 0 Å². The first-order chi connectivity index (χ1) is 9.16. The van der Waals surface area contributed by atoms with Gasteiger partial charge in [0.05, 0.1) is 5.69 Å².